The molecule has 2 aliphatic carbocycles. The maximum Gasteiger partial charge on any atom is 0.230 e. The van der Waals surface area contributed by atoms with E-state index in [-0.39, 0.29) is 30.3 Å². The van der Waals surface area contributed by atoms with Gasteiger partial charge in [0.1, 0.15) is 0 Å². The van der Waals surface area contributed by atoms with Crippen LogP contribution in [0.4, 0.5) is 5.69 Å². The Morgan fingerprint density at radius 3 is 2.38 bits per heavy atom. The van der Waals surface area contributed by atoms with Crippen molar-refractivity contribution in [3.8, 4) is 0 Å². The average Bonchev–Trinajstić information content (AvgIpc) is 2.85. The van der Waals surface area contributed by atoms with E-state index in [2.05, 4.69) is 0 Å². The molecule has 0 aliphatic heterocycles. The first-order chi connectivity index (χ1) is 9.74. The van der Waals surface area contributed by atoms with E-state index in [0.717, 1.165) is 31.5 Å². The van der Waals surface area contributed by atoms with Crippen molar-refractivity contribution in [1.82, 2.24) is 0 Å². The quantitative estimate of drug-likeness (QED) is 0.927. The second-order valence-corrected chi connectivity index (χ2v) is 6.35. The van der Waals surface area contributed by atoms with Gasteiger partial charge in [-0.05, 0) is 50.2 Å². The summed E-state index contributed by atoms with van der Waals surface area (Å²) in [6, 6.07) is 10.3. The van der Waals surface area contributed by atoms with Crippen LogP contribution in [0.1, 0.15) is 38.5 Å². The highest BCUT2D eigenvalue weighted by Crippen LogP contribution is 2.32. The lowest BCUT2D eigenvalue weighted by atomic mass is 9.84. The molecule has 2 saturated carbocycles. The summed E-state index contributed by atoms with van der Waals surface area (Å²) in [5, 5.41) is 0. The fourth-order valence-electron chi connectivity index (χ4n) is 3.33. The predicted molar refractivity (Wildman–Crippen MR) is 88.7 cm³/mol. The SMILES string of the molecule is Cl.NC1CCC(C(=O)N(CC2CCC2)c2ccccc2)C1. The highest BCUT2D eigenvalue weighted by atomic mass is 35.5. The Morgan fingerprint density at radius 1 is 1.14 bits per heavy atom. The van der Waals surface area contributed by atoms with E-state index in [1.807, 2.05) is 35.2 Å². The van der Waals surface area contributed by atoms with Crippen LogP contribution in [0.15, 0.2) is 30.3 Å². The minimum Gasteiger partial charge on any atom is -0.328 e. The Bertz CT molecular complexity index is 461. The minimum absolute atomic E-state index is 0. The normalized spacial score (nSPS) is 25.0. The summed E-state index contributed by atoms with van der Waals surface area (Å²) in [6.45, 7) is 0.884. The number of amides is 1. The number of nitrogens with zero attached hydrogens (tertiary/aromatic N) is 1. The van der Waals surface area contributed by atoms with Crippen LogP contribution in [0.3, 0.4) is 0 Å². The predicted octanol–water partition coefficient (Wildman–Crippen LogP) is 3.37. The maximum atomic E-state index is 12.8. The molecule has 4 heteroatoms. The summed E-state index contributed by atoms with van der Waals surface area (Å²) in [5.41, 5.74) is 7.02. The third-order valence-electron chi connectivity index (χ3n) is 4.82. The second-order valence-electron chi connectivity index (χ2n) is 6.35. The first kappa shape index (κ1) is 16.3. The molecule has 3 nitrogen and oxygen atoms in total. The number of anilines is 1. The Labute approximate surface area is 133 Å². The molecule has 0 spiro atoms. The van der Waals surface area contributed by atoms with E-state index in [4.69, 9.17) is 5.73 Å². The molecule has 1 amide bonds. The molecular formula is C17H25ClN2O. The van der Waals surface area contributed by atoms with Crippen molar-refractivity contribution in [2.75, 3.05) is 11.4 Å². The van der Waals surface area contributed by atoms with Crippen LogP contribution in [-0.4, -0.2) is 18.5 Å². The molecule has 1 aromatic carbocycles. The Balaban J connectivity index is 0.00000161. The van der Waals surface area contributed by atoms with Gasteiger partial charge in [-0.2, -0.15) is 0 Å². The molecule has 116 valence electrons. The molecular weight excluding hydrogens is 284 g/mol. The fourth-order valence-corrected chi connectivity index (χ4v) is 3.33. The van der Waals surface area contributed by atoms with Crippen molar-refractivity contribution in [3.05, 3.63) is 30.3 Å². The highest BCUT2D eigenvalue weighted by Gasteiger charge is 2.33. The van der Waals surface area contributed by atoms with Crippen LogP contribution in [0.25, 0.3) is 0 Å². The highest BCUT2D eigenvalue weighted by molar-refractivity contribution is 5.95. The number of para-hydroxylation sites is 1. The monoisotopic (exact) mass is 308 g/mol. The number of nitrogens with two attached hydrogens (primary N) is 1. The summed E-state index contributed by atoms with van der Waals surface area (Å²) < 4.78 is 0. The van der Waals surface area contributed by atoms with Gasteiger partial charge in [0.05, 0.1) is 0 Å². The zero-order valence-electron chi connectivity index (χ0n) is 12.4. The smallest absolute Gasteiger partial charge is 0.230 e. The zero-order chi connectivity index (χ0) is 13.9. The summed E-state index contributed by atoms with van der Waals surface area (Å²) in [5.74, 6) is 1.11. The minimum atomic E-state index is 0. The maximum absolute atomic E-state index is 12.8. The van der Waals surface area contributed by atoms with Crippen molar-refractivity contribution < 1.29 is 4.79 Å². The van der Waals surface area contributed by atoms with Gasteiger partial charge in [-0.15, -0.1) is 12.4 Å². The van der Waals surface area contributed by atoms with Crippen LogP contribution >= 0.6 is 12.4 Å². The van der Waals surface area contributed by atoms with Gasteiger partial charge < -0.3 is 10.6 Å². The van der Waals surface area contributed by atoms with E-state index >= 15 is 0 Å². The molecule has 2 N–H and O–H groups in total. The molecule has 0 saturated heterocycles. The molecule has 2 atom stereocenters. The third-order valence-corrected chi connectivity index (χ3v) is 4.82. The van der Waals surface area contributed by atoms with Crippen LogP contribution in [0.2, 0.25) is 0 Å². The van der Waals surface area contributed by atoms with Crippen molar-refractivity contribution in [3.63, 3.8) is 0 Å². The Kier molecular flexibility index (Phi) is 5.65. The van der Waals surface area contributed by atoms with Gasteiger partial charge in [0.25, 0.3) is 0 Å². The van der Waals surface area contributed by atoms with Gasteiger partial charge in [-0.3, -0.25) is 4.79 Å². The number of hydrogen-bond acceptors (Lipinski definition) is 2. The Morgan fingerprint density at radius 2 is 1.86 bits per heavy atom. The number of carbonyl (C=O) groups excluding carboxylic acids is 1. The van der Waals surface area contributed by atoms with Gasteiger partial charge >= 0.3 is 0 Å². The van der Waals surface area contributed by atoms with Crippen LogP contribution in [0, 0.1) is 11.8 Å². The average molecular weight is 309 g/mol. The van der Waals surface area contributed by atoms with E-state index in [1.54, 1.807) is 0 Å². The van der Waals surface area contributed by atoms with Gasteiger partial charge in [0, 0.05) is 24.2 Å². The van der Waals surface area contributed by atoms with E-state index in [9.17, 15) is 4.79 Å². The molecule has 2 fully saturated rings. The molecule has 2 aliphatic rings. The van der Waals surface area contributed by atoms with Crippen molar-refractivity contribution >= 4 is 24.0 Å². The summed E-state index contributed by atoms with van der Waals surface area (Å²) in [7, 11) is 0. The van der Waals surface area contributed by atoms with Gasteiger partial charge in [0.2, 0.25) is 5.91 Å². The van der Waals surface area contributed by atoms with Crippen LogP contribution < -0.4 is 10.6 Å². The molecule has 0 aromatic heterocycles. The standard InChI is InChI=1S/C17H24N2O.ClH/c18-15-10-9-14(11-15)17(20)19(12-13-5-4-6-13)16-7-2-1-3-8-16;/h1-3,7-8,13-15H,4-6,9-12,18H2;1H. The molecule has 0 radical (unpaired) electrons. The summed E-state index contributed by atoms with van der Waals surface area (Å²) in [6.07, 6.45) is 6.64. The lowest BCUT2D eigenvalue weighted by molar-refractivity contribution is -0.122. The van der Waals surface area contributed by atoms with Gasteiger partial charge in [-0.1, -0.05) is 24.6 Å². The Hall–Kier alpha value is -1.06. The molecule has 0 heterocycles. The molecule has 21 heavy (non-hydrogen) atoms. The fraction of sp³-hybridized carbons (Fsp3) is 0.588. The topological polar surface area (TPSA) is 46.3 Å². The molecule has 1 aromatic rings. The van der Waals surface area contributed by atoms with E-state index in [1.165, 1.54) is 19.3 Å². The first-order valence-electron chi connectivity index (χ1n) is 7.86. The lowest BCUT2D eigenvalue weighted by Gasteiger charge is -2.34. The second kappa shape index (κ2) is 7.28. The first-order valence-corrected chi connectivity index (χ1v) is 7.86. The van der Waals surface area contributed by atoms with Crippen molar-refractivity contribution in [2.24, 2.45) is 17.6 Å². The zero-order valence-corrected chi connectivity index (χ0v) is 13.2. The number of rotatable bonds is 4. The number of benzene rings is 1. The van der Waals surface area contributed by atoms with Gasteiger partial charge in [0.15, 0.2) is 0 Å². The van der Waals surface area contributed by atoms with E-state index < -0.39 is 0 Å². The van der Waals surface area contributed by atoms with E-state index in [0.29, 0.717) is 5.92 Å². The summed E-state index contributed by atoms with van der Waals surface area (Å²) >= 11 is 0. The third kappa shape index (κ3) is 3.78. The van der Waals surface area contributed by atoms with Crippen LogP contribution in [0.5, 0.6) is 0 Å². The lowest BCUT2D eigenvalue weighted by Crippen LogP contribution is -2.40. The van der Waals surface area contributed by atoms with Crippen molar-refractivity contribution in [1.29, 1.82) is 0 Å². The number of carbonyl (C=O) groups is 1. The largest absolute Gasteiger partial charge is 0.328 e. The molecule has 3 rings (SSSR count). The molecule has 2 unspecified atom stereocenters. The van der Waals surface area contributed by atoms with Gasteiger partial charge in [-0.25, -0.2) is 0 Å². The molecule has 0 bridgehead atoms. The summed E-state index contributed by atoms with van der Waals surface area (Å²) in [4.78, 5) is 14.9. The van der Waals surface area contributed by atoms with Crippen molar-refractivity contribution in [2.45, 2.75) is 44.6 Å². The number of hydrogen-bond donors (Lipinski definition) is 1. The number of halogens is 1. The van der Waals surface area contributed by atoms with Crippen LogP contribution in [-0.2, 0) is 4.79 Å².